The van der Waals surface area contributed by atoms with Gasteiger partial charge in [0, 0.05) is 26.4 Å². The normalized spacial score (nSPS) is 10.3. The third-order valence-corrected chi connectivity index (χ3v) is 4.20. The fraction of sp³-hybridized carbons (Fsp3) is 0. The number of rotatable bonds is 3. The zero-order valence-electron chi connectivity index (χ0n) is 8.97. The van der Waals surface area contributed by atoms with Crippen LogP contribution in [-0.4, -0.2) is 4.92 Å². The van der Waals surface area contributed by atoms with E-state index < -0.39 is 4.92 Å². The van der Waals surface area contributed by atoms with E-state index in [-0.39, 0.29) is 5.69 Å². The minimum atomic E-state index is -0.458. The second-order valence-electron chi connectivity index (χ2n) is 3.43. The Kier molecular flexibility index (Phi) is 4.27. The molecule has 6 heteroatoms. The number of nitro benzene ring substituents is 1. The van der Waals surface area contributed by atoms with E-state index in [0.29, 0.717) is 5.02 Å². The van der Waals surface area contributed by atoms with Crippen LogP contribution in [0.25, 0.3) is 0 Å². The summed E-state index contributed by atoms with van der Waals surface area (Å²) in [5, 5.41) is 11.0. The van der Waals surface area contributed by atoms with Crippen LogP contribution in [0.1, 0.15) is 0 Å². The molecule has 0 atom stereocenters. The van der Waals surface area contributed by atoms with E-state index in [9.17, 15) is 10.1 Å². The van der Waals surface area contributed by atoms with E-state index in [0.717, 1.165) is 14.3 Å². The van der Waals surface area contributed by atoms with Gasteiger partial charge in [0.05, 0.1) is 9.95 Å². The van der Waals surface area contributed by atoms with Crippen LogP contribution < -0.4 is 0 Å². The molecular weight excluding hydrogens is 338 g/mol. The van der Waals surface area contributed by atoms with Crippen LogP contribution in [0.4, 0.5) is 5.69 Å². The third kappa shape index (κ3) is 3.25. The van der Waals surface area contributed by atoms with Crippen molar-refractivity contribution in [3.63, 3.8) is 0 Å². The molecule has 0 aliphatic carbocycles. The van der Waals surface area contributed by atoms with Gasteiger partial charge in [0.2, 0.25) is 0 Å². The quantitative estimate of drug-likeness (QED) is 0.570. The summed E-state index contributed by atoms with van der Waals surface area (Å²) in [6, 6.07) is 12.2. The zero-order chi connectivity index (χ0) is 13.1. The number of hydrogen-bond donors (Lipinski definition) is 0. The molecule has 0 aliphatic rings. The smallest absolute Gasteiger partial charge is 0.258 e. The molecule has 0 unspecified atom stereocenters. The lowest BCUT2D eigenvalue weighted by Crippen LogP contribution is -1.87. The highest BCUT2D eigenvalue weighted by molar-refractivity contribution is 9.10. The van der Waals surface area contributed by atoms with Crippen molar-refractivity contribution >= 4 is 45.0 Å². The Morgan fingerprint density at radius 1 is 1.17 bits per heavy atom. The molecule has 0 bridgehead atoms. The number of hydrogen-bond acceptors (Lipinski definition) is 3. The Labute approximate surface area is 121 Å². The predicted molar refractivity (Wildman–Crippen MR) is 76.4 cm³/mol. The lowest BCUT2D eigenvalue weighted by molar-refractivity contribution is -0.384. The summed E-state index contributed by atoms with van der Waals surface area (Å²) in [7, 11) is 0. The summed E-state index contributed by atoms with van der Waals surface area (Å²) >= 11 is 10.8. The van der Waals surface area contributed by atoms with Crippen LogP contribution in [0.2, 0.25) is 5.02 Å². The molecule has 0 amide bonds. The van der Waals surface area contributed by atoms with Crippen LogP contribution >= 0.6 is 39.3 Å². The Morgan fingerprint density at radius 3 is 2.39 bits per heavy atom. The molecule has 2 aromatic rings. The van der Waals surface area contributed by atoms with E-state index in [1.807, 2.05) is 24.3 Å². The lowest BCUT2D eigenvalue weighted by atomic mass is 10.3. The molecule has 0 heterocycles. The van der Waals surface area contributed by atoms with Gasteiger partial charge in [0.25, 0.3) is 5.69 Å². The number of nitro groups is 1. The van der Waals surface area contributed by atoms with E-state index >= 15 is 0 Å². The molecule has 92 valence electrons. The van der Waals surface area contributed by atoms with Crippen molar-refractivity contribution in [1.29, 1.82) is 0 Å². The lowest BCUT2D eigenvalue weighted by Gasteiger charge is -2.04. The van der Waals surface area contributed by atoms with Crippen molar-refractivity contribution in [3.8, 4) is 0 Å². The maximum Gasteiger partial charge on any atom is 0.270 e. The van der Waals surface area contributed by atoms with Crippen molar-refractivity contribution in [3.05, 3.63) is 62.1 Å². The van der Waals surface area contributed by atoms with Crippen LogP contribution in [0.15, 0.2) is 56.7 Å². The highest BCUT2D eigenvalue weighted by Gasteiger charge is 2.10. The fourth-order valence-electron chi connectivity index (χ4n) is 1.32. The number of benzene rings is 2. The van der Waals surface area contributed by atoms with E-state index in [2.05, 4.69) is 15.9 Å². The first-order valence-electron chi connectivity index (χ1n) is 4.93. The van der Waals surface area contributed by atoms with Gasteiger partial charge in [0.1, 0.15) is 0 Å². The summed E-state index contributed by atoms with van der Waals surface area (Å²) in [6.45, 7) is 0. The maximum absolute atomic E-state index is 10.6. The Hall–Kier alpha value is -1.04. The second-order valence-corrected chi connectivity index (χ2v) is 5.87. The van der Waals surface area contributed by atoms with Crippen molar-refractivity contribution in [2.24, 2.45) is 0 Å². The van der Waals surface area contributed by atoms with Crippen LogP contribution in [0, 0.1) is 10.1 Å². The van der Waals surface area contributed by atoms with Crippen molar-refractivity contribution in [1.82, 2.24) is 0 Å². The van der Waals surface area contributed by atoms with Gasteiger partial charge >= 0.3 is 0 Å². The predicted octanol–water partition coefficient (Wildman–Crippen LogP) is 5.16. The van der Waals surface area contributed by atoms with E-state index in [1.165, 1.54) is 23.9 Å². The minimum Gasteiger partial charge on any atom is -0.258 e. The van der Waals surface area contributed by atoms with Crippen molar-refractivity contribution < 1.29 is 4.92 Å². The first-order valence-corrected chi connectivity index (χ1v) is 6.92. The average Bonchev–Trinajstić information content (AvgIpc) is 2.34. The van der Waals surface area contributed by atoms with Gasteiger partial charge in [-0.25, -0.2) is 0 Å². The van der Waals surface area contributed by atoms with Gasteiger partial charge < -0.3 is 0 Å². The fourth-order valence-corrected chi connectivity index (χ4v) is 2.69. The standard InChI is InChI=1S/C12H7BrClNO2S/c13-8-1-4-10(5-2-8)18-12-6-3-9(15(16)17)7-11(12)14/h1-7H. The number of halogens is 2. The molecule has 0 aromatic heterocycles. The molecule has 0 N–H and O–H groups in total. The third-order valence-electron chi connectivity index (χ3n) is 2.17. The maximum atomic E-state index is 10.6. The Balaban J connectivity index is 2.24. The van der Waals surface area contributed by atoms with E-state index in [4.69, 9.17) is 11.6 Å². The van der Waals surface area contributed by atoms with Gasteiger partial charge in [-0.15, -0.1) is 0 Å². The molecule has 0 saturated carbocycles. The highest BCUT2D eigenvalue weighted by atomic mass is 79.9. The summed E-state index contributed by atoms with van der Waals surface area (Å²) in [5.74, 6) is 0. The first-order chi connectivity index (χ1) is 8.56. The SMILES string of the molecule is O=[N+]([O-])c1ccc(Sc2ccc(Br)cc2)c(Cl)c1. The molecule has 2 rings (SSSR count). The molecule has 0 fully saturated rings. The van der Waals surface area contributed by atoms with Gasteiger partial charge in [-0.3, -0.25) is 10.1 Å². The largest absolute Gasteiger partial charge is 0.270 e. The molecule has 0 saturated heterocycles. The monoisotopic (exact) mass is 343 g/mol. The van der Waals surface area contributed by atoms with Crippen LogP contribution in [0.3, 0.4) is 0 Å². The molecular formula is C12H7BrClNO2S. The van der Waals surface area contributed by atoms with E-state index in [1.54, 1.807) is 6.07 Å². The molecule has 0 radical (unpaired) electrons. The van der Waals surface area contributed by atoms with Crippen molar-refractivity contribution in [2.45, 2.75) is 9.79 Å². The summed E-state index contributed by atoms with van der Waals surface area (Å²) in [6.07, 6.45) is 0. The highest BCUT2D eigenvalue weighted by Crippen LogP contribution is 2.35. The zero-order valence-corrected chi connectivity index (χ0v) is 12.1. The molecule has 3 nitrogen and oxygen atoms in total. The molecule has 0 aliphatic heterocycles. The summed E-state index contributed by atoms with van der Waals surface area (Å²) < 4.78 is 1.00. The Morgan fingerprint density at radius 2 is 1.83 bits per heavy atom. The first kappa shape index (κ1) is 13.4. The van der Waals surface area contributed by atoms with Gasteiger partial charge in [0.15, 0.2) is 0 Å². The topological polar surface area (TPSA) is 43.1 Å². The molecule has 0 spiro atoms. The Bertz CT molecular complexity index is 589. The minimum absolute atomic E-state index is 0.000145. The number of nitrogens with zero attached hydrogens (tertiary/aromatic N) is 1. The molecule has 2 aromatic carbocycles. The van der Waals surface area contributed by atoms with Gasteiger partial charge in [-0.2, -0.15) is 0 Å². The number of non-ortho nitro benzene ring substituents is 1. The summed E-state index contributed by atoms with van der Waals surface area (Å²) in [5.41, 5.74) is 0.000145. The van der Waals surface area contributed by atoms with Crippen LogP contribution in [-0.2, 0) is 0 Å². The van der Waals surface area contributed by atoms with Gasteiger partial charge in [-0.05, 0) is 30.3 Å². The van der Waals surface area contributed by atoms with Crippen LogP contribution in [0.5, 0.6) is 0 Å². The van der Waals surface area contributed by atoms with Gasteiger partial charge in [-0.1, -0.05) is 39.3 Å². The second kappa shape index (κ2) is 5.73. The summed E-state index contributed by atoms with van der Waals surface area (Å²) in [4.78, 5) is 12.0. The molecule has 18 heavy (non-hydrogen) atoms. The van der Waals surface area contributed by atoms with Crippen molar-refractivity contribution in [2.75, 3.05) is 0 Å². The average molecular weight is 345 g/mol.